The van der Waals surface area contributed by atoms with Gasteiger partial charge in [0.15, 0.2) is 11.7 Å². The van der Waals surface area contributed by atoms with E-state index in [-0.39, 0.29) is 11.6 Å². The molecule has 8 heteroatoms. The van der Waals surface area contributed by atoms with Crippen LogP contribution in [-0.4, -0.2) is 44.5 Å². The molecule has 0 spiro atoms. The van der Waals surface area contributed by atoms with Crippen LogP contribution in [0.25, 0.3) is 11.0 Å². The van der Waals surface area contributed by atoms with E-state index in [2.05, 4.69) is 15.4 Å². The fourth-order valence-corrected chi connectivity index (χ4v) is 2.11. The highest BCUT2D eigenvalue weighted by molar-refractivity contribution is 6.06. The Labute approximate surface area is 126 Å². The molecule has 2 aromatic heterocycles. The lowest BCUT2D eigenvalue weighted by molar-refractivity contribution is -0.139. The number of alkyl halides is 1. The van der Waals surface area contributed by atoms with E-state index in [0.29, 0.717) is 16.7 Å². The van der Waals surface area contributed by atoms with E-state index in [0.717, 1.165) is 0 Å². The highest BCUT2D eigenvalue weighted by atomic mass is 19.1. The summed E-state index contributed by atoms with van der Waals surface area (Å²) in [5.41, 5.74) is 1.36. The number of aliphatic carboxylic acids is 1. The summed E-state index contributed by atoms with van der Waals surface area (Å²) in [4.78, 5) is 27.5. The summed E-state index contributed by atoms with van der Waals surface area (Å²) < 4.78 is 14.3. The lowest BCUT2D eigenvalue weighted by Crippen LogP contribution is -2.42. The smallest absolute Gasteiger partial charge is 0.328 e. The summed E-state index contributed by atoms with van der Waals surface area (Å²) in [5, 5.41) is 15.7. The number of aryl methyl sites for hydroxylation is 1. The Morgan fingerprint density at radius 2 is 2.14 bits per heavy atom. The maximum absolute atomic E-state index is 12.7. The third-order valence-corrected chi connectivity index (χ3v) is 3.19. The third kappa shape index (κ3) is 2.90. The van der Waals surface area contributed by atoms with Gasteiger partial charge >= 0.3 is 5.97 Å². The van der Waals surface area contributed by atoms with E-state index in [1.54, 1.807) is 11.6 Å². The number of aromatic nitrogens is 3. The molecule has 2 heterocycles. The second kappa shape index (κ2) is 6.08. The van der Waals surface area contributed by atoms with E-state index in [1.807, 2.05) is 13.8 Å². The quantitative estimate of drug-likeness (QED) is 0.872. The number of carbonyl (C=O) groups is 2. The summed E-state index contributed by atoms with van der Waals surface area (Å²) in [6.07, 6.45) is 1.50. The highest BCUT2D eigenvalue weighted by Gasteiger charge is 2.23. The Hall–Kier alpha value is -2.51. The molecule has 22 heavy (non-hydrogen) atoms. The van der Waals surface area contributed by atoms with Gasteiger partial charge in [0, 0.05) is 11.7 Å². The average molecular weight is 308 g/mol. The summed E-state index contributed by atoms with van der Waals surface area (Å²) in [7, 11) is 0. The van der Waals surface area contributed by atoms with Crippen molar-refractivity contribution in [2.24, 2.45) is 0 Å². The SMILES string of the molecule is Cc1cc(C(=O)NC(CF)C(=O)O)c2cnn(C(C)C)c2n1. The van der Waals surface area contributed by atoms with Gasteiger partial charge in [0.2, 0.25) is 0 Å². The Morgan fingerprint density at radius 1 is 1.45 bits per heavy atom. The predicted octanol–water partition coefficient (Wildman–Crippen LogP) is 1.47. The van der Waals surface area contributed by atoms with Crippen LogP contribution in [-0.2, 0) is 4.79 Å². The zero-order valence-corrected chi connectivity index (χ0v) is 12.5. The van der Waals surface area contributed by atoms with E-state index >= 15 is 0 Å². The summed E-state index contributed by atoms with van der Waals surface area (Å²) in [6, 6.07) is 0.0118. The van der Waals surface area contributed by atoms with E-state index < -0.39 is 24.6 Å². The minimum atomic E-state index is -1.57. The topological polar surface area (TPSA) is 97.1 Å². The maximum Gasteiger partial charge on any atom is 0.328 e. The molecule has 0 fully saturated rings. The van der Waals surface area contributed by atoms with Gasteiger partial charge in [-0.1, -0.05) is 0 Å². The van der Waals surface area contributed by atoms with Gasteiger partial charge in [0.05, 0.1) is 17.1 Å². The number of rotatable bonds is 5. The molecule has 118 valence electrons. The first-order valence-corrected chi connectivity index (χ1v) is 6.79. The van der Waals surface area contributed by atoms with Crippen LogP contribution in [0.1, 0.15) is 35.9 Å². The fraction of sp³-hybridized carbons (Fsp3) is 0.429. The van der Waals surface area contributed by atoms with Crippen LogP contribution in [0.3, 0.4) is 0 Å². The normalized spacial score (nSPS) is 12.6. The number of amides is 1. The Balaban J connectivity index is 2.47. The summed E-state index contributed by atoms with van der Waals surface area (Å²) in [5.74, 6) is -2.08. The molecule has 2 N–H and O–H groups in total. The Morgan fingerprint density at radius 3 is 2.68 bits per heavy atom. The molecular weight excluding hydrogens is 291 g/mol. The molecule has 1 atom stereocenters. The molecular formula is C14H17FN4O3. The Kier molecular flexibility index (Phi) is 4.39. The molecule has 0 bridgehead atoms. The molecule has 2 aromatic rings. The minimum Gasteiger partial charge on any atom is -0.480 e. The third-order valence-electron chi connectivity index (χ3n) is 3.19. The molecule has 1 amide bonds. The number of hydrogen-bond acceptors (Lipinski definition) is 4. The van der Waals surface area contributed by atoms with E-state index in [9.17, 15) is 14.0 Å². The van der Waals surface area contributed by atoms with Gasteiger partial charge in [-0.05, 0) is 26.8 Å². The number of pyridine rings is 1. The minimum absolute atomic E-state index is 0.0559. The number of fused-ring (bicyclic) bond motifs is 1. The van der Waals surface area contributed by atoms with Gasteiger partial charge in [-0.25, -0.2) is 18.9 Å². The van der Waals surface area contributed by atoms with Crippen LogP contribution >= 0.6 is 0 Å². The molecule has 0 aliphatic rings. The summed E-state index contributed by atoms with van der Waals surface area (Å²) >= 11 is 0. The molecule has 7 nitrogen and oxygen atoms in total. The van der Waals surface area contributed by atoms with Crippen molar-refractivity contribution in [3.05, 3.63) is 23.5 Å². The van der Waals surface area contributed by atoms with Gasteiger partial charge in [0.1, 0.15) is 6.67 Å². The molecule has 0 aromatic carbocycles. The van der Waals surface area contributed by atoms with Crippen molar-refractivity contribution in [3.63, 3.8) is 0 Å². The Bertz CT molecular complexity index is 726. The van der Waals surface area contributed by atoms with E-state index in [4.69, 9.17) is 5.11 Å². The van der Waals surface area contributed by atoms with Gasteiger partial charge in [-0.3, -0.25) is 4.79 Å². The van der Waals surface area contributed by atoms with Crippen molar-refractivity contribution in [1.29, 1.82) is 0 Å². The van der Waals surface area contributed by atoms with Crippen LogP contribution in [0.4, 0.5) is 4.39 Å². The van der Waals surface area contributed by atoms with Gasteiger partial charge in [0.25, 0.3) is 5.91 Å². The van der Waals surface area contributed by atoms with Gasteiger partial charge in [-0.2, -0.15) is 5.10 Å². The second-order valence-electron chi connectivity index (χ2n) is 5.25. The maximum atomic E-state index is 12.7. The van der Waals surface area contributed by atoms with Crippen molar-refractivity contribution >= 4 is 22.9 Å². The molecule has 0 saturated heterocycles. The lowest BCUT2D eigenvalue weighted by atomic mass is 10.1. The average Bonchev–Trinajstić information content (AvgIpc) is 2.86. The first-order valence-electron chi connectivity index (χ1n) is 6.79. The van der Waals surface area contributed by atoms with Crippen molar-refractivity contribution < 1.29 is 19.1 Å². The van der Waals surface area contributed by atoms with E-state index in [1.165, 1.54) is 12.3 Å². The zero-order valence-electron chi connectivity index (χ0n) is 12.5. The molecule has 1 unspecified atom stereocenters. The van der Waals surface area contributed by atoms with Crippen LogP contribution in [0.5, 0.6) is 0 Å². The zero-order chi connectivity index (χ0) is 16.4. The molecule has 0 aliphatic heterocycles. The lowest BCUT2D eigenvalue weighted by Gasteiger charge is -2.12. The summed E-state index contributed by atoms with van der Waals surface area (Å²) in [6.45, 7) is 4.40. The molecule has 0 radical (unpaired) electrons. The number of nitrogens with zero attached hydrogens (tertiary/aromatic N) is 3. The molecule has 0 aliphatic carbocycles. The molecule has 0 saturated carbocycles. The first-order chi connectivity index (χ1) is 10.3. The largest absolute Gasteiger partial charge is 0.480 e. The van der Waals surface area contributed by atoms with Crippen LogP contribution in [0.2, 0.25) is 0 Å². The highest BCUT2D eigenvalue weighted by Crippen LogP contribution is 2.21. The van der Waals surface area contributed by atoms with Crippen LogP contribution < -0.4 is 5.32 Å². The number of hydrogen-bond donors (Lipinski definition) is 2. The number of carbonyl (C=O) groups excluding carboxylic acids is 1. The van der Waals surface area contributed by atoms with Gasteiger partial charge < -0.3 is 10.4 Å². The van der Waals surface area contributed by atoms with Crippen molar-refractivity contribution in [2.75, 3.05) is 6.67 Å². The van der Waals surface area contributed by atoms with Crippen molar-refractivity contribution in [3.8, 4) is 0 Å². The first kappa shape index (κ1) is 15.9. The number of halogens is 1. The monoisotopic (exact) mass is 308 g/mol. The number of nitrogens with one attached hydrogen (secondary N) is 1. The van der Waals surface area contributed by atoms with Crippen LogP contribution in [0.15, 0.2) is 12.3 Å². The number of carboxylic acids is 1. The molecule has 2 rings (SSSR count). The van der Waals surface area contributed by atoms with Crippen LogP contribution in [0, 0.1) is 6.92 Å². The predicted molar refractivity (Wildman–Crippen MR) is 77.5 cm³/mol. The number of carboxylic acid groups (broad SMARTS) is 1. The second-order valence-corrected chi connectivity index (χ2v) is 5.25. The standard InChI is InChI=1S/C14H17FN4O3/c1-7(2)19-12-10(6-16-19)9(4-8(3)17-12)13(20)18-11(5-15)14(21)22/h4,6-7,11H,5H2,1-3H3,(H,18,20)(H,21,22). The van der Waals surface area contributed by atoms with Crippen molar-refractivity contribution in [1.82, 2.24) is 20.1 Å². The fourth-order valence-electron chi connectivity index (χ4n) is 2.11. The van der Waals surface area contributed by atoms with Crippen molar-refractivity contribution in [2.45, 2.75) is 32.9 Å². The van der Waals surface area contributed by atoms with Gasteiger partial charge in [-0.15, -0.1) is 0 Å².